The van der Waals surface area contributed by atoms with Gasteiger partial charge in [0, 0.05) is 12.7 Å². The van der Waals surface area contributed by atoms with E-state index in [1.165, 1.54) is 11.3 Å². The van der Waals surface area contributed by atoms with Crippen molar-refractivity contribution in [2.45, 2.75) is 26.4 Å². The molecule has 96 valence electrons. The lowest BCUT2D eigenvalue weighted by Gasteiger charge is -2.05. The van der Waals surface area contributed by atoms with E-state index in [9.17, 15) is 4.79 Å². The highest BCUT2D eigenvalue weighted by molar-refractivity contribution is 7.15. The number of carbonyl (C=O) groups is 1. The molecule has 8 heteroatoms. The summed E-state index contributed by atoms with van der Waals surface area (Å²) in [7, 11) is 0. The van der Waals surface area contributed by atoms with Crippen LogP contribution in [-0.4, -0.2) is 25.9 Å². The third-order valence-corrected chi connectivity index (χ3v) is 3.02. The summed E-state index contributed by atoms with van der Waals surface area (Å²) in [5.41, 5.74) is 6.01. The quantitative estimate of drug-likeness (QED) is 0.828. The van der Waals surface area contributed by atoms with E-state index >= 15 is 0 Å². The molecule has 0 unspecified atom stereocenters. The summed E-state index contributed by atoms with van der Waals surface area (Å²) in [4.78, 5) is 11.9. The first-order valence-corrected chi connectivity index (χ1v) is 6.40. The predicted octanol–water partition coefficient (Wildman–Crippen LogP) is 0.657. The third kappa shape index (κ3) is 2.83. The zero-order chi connectivity index (χ0) is 13.0. The van der Waals surface area contributed by atoms with E-state index < -0.39 is 0 Å². The Morgan fingerprint density at radius 1 is 1.56 bits per heavy atom. The summed E-state index contributed by atoms with van der Waals surface area (Å²) < 4.78 is 1.68. The van der Waals surface area contributed by atoms with Gasteiger partial charge < -0.3 is 11.1 Å². The van der Waals surface area contributed by atoms with E-state index in [0.29, 0.717) is 22.4 Å². The van der Waals surface area contributed by atoms with Gasteiger partial charge in [-0.25, -0.2) is 0 Å². The van der Waals surface area contributed by atoms with E-state index in [0.717, 1.165) is 13.0 Å². The molecule has 0 fully saturated rings. The highest BCUT2D eigenvalue weighted by atomic mass is 32.1. The highest BCUT2D eigenvalue weighted by Gasteiger charge is 2.12. The van der Waals surface area contributed by atoms with Gasteiger partial charge in [0.2, 0.25) is 5.13 Å². The summed E-state index contributed by atoms with van der Waals surface area (Å²) in [5, 5.41) is 15.5. The van der Waals surface area contributed by atoms with Crippen LogP contribution >= 0.6 is 11.3 Å². The van der Waals surface area contributed by atoms with Crippen molar-refractivity contribution < 1.29 is 4.79 Å². The van der Waals surface area contributed by atoms with Crippen LogP contribution in [-0.2, 0) is 13.1 Å². The number of aromatic nitrogens is 4. The number of hydrogen-bond acceptors (Lipinski definition) is 6. The Balaban J connectivity index is 1.97. The van der Waals surface area contributed by atoms with Gasteiger partial charge in [0.05, 0.1) is 6.54 Å². The van der Waals surface area contributed by atoms with Crippen LogP contribution in [0.1, 0.15) is 28.8 Å². The van der Waals surface area contributed by atoms with E-state index in [1.807, 2.05) is 6.92 Å². The van der Waals surface area contributed by atoms with Gasteiger partial charge in [-0.2, -0.15) is 5.10 Å². The van der Waals surface area contributed by atoms with Gasteiger partial charge in [0.25, 0.3) is 5.91 Å². The fourth-order valence-electron chi connectivity index (χ4n) is 1.50. The van der Waals surface area contributed by atoms with Crippen LogP contribution < -0.4 is 11.1 Å². The molecule has 0 spiro atoms. The minimum absolute atomic E-state index is 0.172. The Bertz CT molecular complexity index is 534. The average molecular weight is 266 g/mol. The van der Waals surface area contributed by atoms with Crippen LogP contribution in [0.25, 0.3) is 0 Å². The van der Waals surface area contributed by atoms with Gasteiger partial charge in [-0.05, 0) is 12.5 Å². The minimum Gasteiger partial charge on any atom is -0.374 e. The van der Waals surface area contributed by atoms with Gasteiger partial charge in [-0.1, -0.05) is 18.3 Å². The SMILES string of the molecule is CCCn1nccc1C(=O)NCc1nnc(N)s1. The molecule has 2 heterocycles. The zero-order valence-corrected chi connectivity index (χ0v) is 10.8. The lowest BCUT2D eigenvalue weighted by Crippen LogP contribution is -2.25. The maximum absolute atomic E-state index is 11.9. The van der Waals surface area contributed by atoms with Crippen molar-refractivity contribution in [3.63, 3.8) is 0 Å². The third-order valence-electron chi connectivity index (χ3n) is 2.27. The van der Waals surface area contributed by atoms with Crippen molar-refractivity contribution in [2.24, 2.45) is 0 Å². The lowest BCUT2D eigenvalue weighted by molar-refractivity contribution is 0.0940. The molecule has 0 bridgehead atoms. The van der Waals surface area contributed by atoms with E-state index in [1.54, 1.807) is 16.9 Å². The van der Waals surface area contributed by atoms with Crippen molar-refractivity contribution in [3.8, 4) is 0 Å². The number of nitrogens with one attached hydrogen (secondary N) is 1. The molecule has 18 heavy (non-hydrogen) atoms. The number of hydrogen-bond donors (Lipinski definition) is 2. The van der Waals surface area contributed by atoms with Crippen LogP contribution in [0, 0.1) is 0 Å². The first kappa shape index (κ1) is 12.5. The summed E-state index contributed by atoms with van der Waals surface area (Å²) in [6, 6.07) is 1.69. The summed E-state index contributed by atoms with van der Waals surface area (Å²) in [6.45, 7) is 3.08. The molecule has 0 atom stereocenters. The fraction of sp³-hybridized carbons (Fsp3) is 0.400. The number of carbonyl (C=O) groups excluding carboxylic acids is 1. The second-order valence-electron chi connectivity index (χ2n) is 3.66. The lowest BCUT2D eigenvalue weighted by atomic mass is 10.4. The van der Waals surface area contributed by atoms with Crippen LogP contribution in [0.5, 0.6) is 0 Å². The van der Waals surface area contributed by atoms with Crippen molar-refractivity contribution >= 4 is 22.4 Å². The van der Waals surface area contributed by atoms with Gasteiger partial charge in [0.15, 0.2) is 0 Å². The number of amides is 1. The molecule has 0 saturated carbocycles. The largest absolute Gasteiger partial charge is 0.374 e. The number of nitrogen functional groups attached to an aromatic ring is 1. The second kappa shape index (κ2) is 5.58. The normalized spacial score (nSPS) is 10.5. The summed E-state index contributed by atoms with van der Waals surface area (Å²) in [6.07, 6.45) is 2.54. The Kier molecular flexibility index (Phi) is 3.88. The molecule has 2 rings (SSSR count). The molecular formula is C10H14N6OS. The Labute approximate surface area is 108 Å². The van der Waals surface area contributed by atoms with Gasteiger partial charge in [0.1, 0.15) is 10.7 Å². The van der Waals surface area contributed by atoms with E-state index in [2.05, 4.69) is 20.6 Å². The molecule has 0 aliphatic heterocycles. The van der Waals surface area contributed by atoms with E-state index in [-0.39, 0.29) is 5.91 Å². The average Bonchev–Trinajstić information content (AvgIpc) is 2.96. The van der Waals surface area contributed by atoms with Crippen molar-refractivity contribution in [1.29, 1.82) is 0 Å². The molecule has 2 aromatic rings. The van der Waals surface area contributed by atoms with Gasteiger partial charge >= 0.3 is 0 Å². The van der Waals surface area contributed by atoms with Crippen LogP contribution in [0.15, 0.2) is 12.3 Å². The Morgan fingerprint density at radius 2 is 2.39 bits per heavy atom. The number of aryl methyl sites for hydroxylation is 1. The second-order valence-corrected chi connectivity index (χ2v) is 4.75. The van der Waals surface area contributed by atoms with Crippen LogP contribution in [0.3, 0.4) is 0 Å². The zero-order valence-electron chi connectivity index (χ0n) is 9.96. The Hall–Kier alpha value is -1.96. The molecular weight excluding hydrogens is 252 g/mol. The molecule has 1 amide bonds. The van der Waals surface area contributed by atoms with Crippen LogP contribution in [0.4, 0.5) is 5.13 Å². The highest BCUT2D eigenvalue weighted by Crippen LogP contribution is 2.10. The Morgan fingerprint density at radius 3 is 3.06 bits per heavy atom. The monoisotopic (exact) mass is 266 g/mol. The van der Waals surface area contributed by atoms with Crippen molar-refractivity contribution in [1.82, 2.24) is 25.3 Å². The van der Waals surface area contributed by atoms with Gasteiger partial charge in [-0.15, -0.1) is 10.2 Å². The molecule has 7 nitrogen and oxygen atoms in total. The molecule has 2 aromatic heterocycles. The number of rotatable bonds is 5. The minimum atomic E-state index is -0.172. The fourth-order valence-corrected chi connectivity index (χ4v) is 2.05. The topological polar surface area (TPSA) is 98.7 Å². The van der Waals surface area contributed by atoms with Crippen molar-refractivity contribution in [3.05, 3.63) is 23.0 Å². The van der Waals surface area contributed by atoms with Crippen LogP contribution in [0.2, 0.25) is 0 Å². The molecule has 0 aliphatic carbocycles. The molecule has 0 aliphatic rings. The molecule has 0 saturated heterocycles. The predicted molar refractivity (Wildman–Crippen MR) is 68.0 cm³/mol. The van der Waals surface area contributed by atoms with E-state index in [4.69, 9.17) is 5.73 Å². The maximum Gasteiger partial charge on any atom is 0.269 e. The maximum atomic E-state index is 11.9. The number of nitrogens with zero attached hydrogens (tertiary/aromatic N) is 4. The smallest absolute Gasteiger partial charge is 0.269 e. The molecule has 0 radical (unpaired) electrons. The first-order chi connectivity index (χ1) is 8.70. The first-order valence-electron chi connectivity index (χ1n) is 5.58. The summed E-state index contributed by atoms with van der Waals surface area (Å²) in [5.74, 6) is -0.172. The molecule has 0 aromatic carbocycles. The van der Waals surface area contributed by atoms with Gasteiger partial charge in [-0.3, -0.25) is 9.48 Å². The number of nitrogens with two attached hydrogens (primary N) is 1. The summed E-state index contributed by atoms with van der Waals surface area (Å²) >= 11 is 1.26. The number of anilines is 1. The molecule has 3 N–H and O–H groups in total. The standard InChI is InChI=1S/C10H14N6OS/c1-2-5-16-7(3-4-13-16)9(17)12-6-8-14-15-10(11)18-8/h3-4H,2,5-6H2,1H3,(H2,11,15)(H,12,17). The van der Waals surface area contributed by atoms with Crippen molar-refractivity contribution in [2.75, 3.05) is 5.73 Å².